The summed E-state index contributed by atoms with van der Waals surface area (Å²) >= 11 is 0. The van der Waals surface area contributed by atoms with Gasteiger partial charge >= 0.3 is 5.97 Å². The second kappa shape index (κ2) is 4.94. The molecule has 1 saturated heterocycles. The Morgan fingerprint density at radius 3 is 2.41 bits per heavy atom. The smallest absolute Gasteiger partial charge is 0.311 e. The number of aliphatic hydroxyl groups is 1. The van der Waals surface area contributed by atoms with Crippen molar-refractivity contribution in [1.29, 1.82) is 0 Å². The molecule has 6 heteroatoms. The number of sulfone groups is 1. The highest BCUT2D eigenvalue weighted by atomic mass is 32.2. The van der Waals surface area contributed by atoms with E-state index in [2.05, 4.69) is 4.74 Å². The fraction of sp³-hybridized carbons (Fsp3) is 0.909. The lowest BCUT2D eigenvalue weighted by Gasteiger charge is -2.39. The van der Waals surface area contributed by atoms with Crippen molar-refractivity contribution in [3.63, 3.8) is 0 Å². The molecule has 0 bridgehead atoms. The quantitative estimate of drug-likeness (QED) is 0.745. The number of carbonyl (C=O) groups is 1. The van der Waals surface area contributed by atoms with E-state index >= 15 is 0 Å². The molecule has 17 heavy (non-hydrogen) atoms. The molecule has 0 aliphatic carbocycles. The summed E-state index contributed by atoms with van der Waals surface area (Å²) in [6, 6.07) is 0. The Labute approximate surface area is 102 Å². The van der Waals surface area contributed by atoms with Crippen LogP contribution in [0.1, 0.15) is 26.7 Å². The molecule has 0 aromatic rings. The van der Waals surface area contributed by atoms with Crippen LogP contribution in [0.25, 0.3) is 0 Å². The lowest BCUT2D eigenvalue weighted by atomic mass is 9.78. The zero-order chi connectivity index (χ0) is 13.3. The van der Waals surface area contributed by atoms with Gasteiger partial charge in [0.1, 0.15) is 0 Å². The average molecular weight is 264 g/mol. The summed E-state index contributed by atoms with van der Waals surface area (Å²) in [5.74, 6) is -1.76. The molecule has 1 rings (SSSR count). The van der Waals surface area contributed by atoms with Crippen molar-refractivity contribution in [2.45, 2.75) is 32.3 Å². The van der Waals surface area contributed by atoms with E-state index in [0.717, 1.165) is 0 Å². The predicted octanol–water partition coefficient (Wildman–Crippen LogP) is 0.371. The Morgan fingerprint density at radius 2 is 2.00 bits per heavy atom. The first-order chi connectivity index (χ1) is 7.72. The monoisotopic (exact) mass is 264 g/mol. The molecule has 100 valence electrons. The molecular formula is C11H20O5S. The minimum Gasteiger partial charge on any atom is -0.469 e. The average Bonchev–Trinajstić information content (AvgIpc) is 2.14. The molecule has 0 spiro atoms. The van der Waals surface area contributed by atoms with Gasteiger partial charge in [-0.05, 0) is 18.8 Å². The van der Waals surface area contributed by atoms with Crippen molar-refractivity contribution in [3.05, 3.63) is 0 Å². The Kier molecular flexibility index (Phi) is 4.19. The third-order valence-electron chi connectivity index (χ3n) is 3.24. The van der Waals surface area contributed by atoms with E-state index in [1.807, 2.05) is 0 Å². The number of hydrogen-bond donors (Lipinski definition) is 1. The first-order valence-electron chi connectivity index (χ1n) is 5.72. The molecule has 0 aromatic carbocycles. The van der Waals surface area contributed by atoms with Gasteiger partial charge in [0.15, 0.2) is 9.84 Å². The molecule has 1 heterocycles. The van der Waals surface area contributed by atoms with Gasteiger partial charge in [0.05, 0.1) is 30.1 Å². The Morgan fingerprint density at radius 1 is 1.41 bits per heavy atom. The lowest BCUT2D eigenvalue weighted by Crippen LogP contribution is -2.53. The van der Waals surface area contributed by atoms with E-state index in [4.69, 9.17) is 0 Å². The summed E-state index contributed by atoms with van der Waals surface area (Å²) in [6.45, 7) is 3.56. The van der Waals surface area contributed by atoms with Crippen molar-refractivity contribution in [3.8, 4) is 0 Å². The van der Waals surface area contributed by atoms with Crippen LogP contribution >= 0.6 is 0 Å². The van der Waals surface area contributed by atoms with Crippen molar-refractivity contribution in [2.75, 3.05) is 18.6 Å². The molecular weight excluding hydrogens is 244 g/mol. The van der Waals surface area contributed by atoms with Crippen molar-refractivity contribution < 1.29 is 23.1 Å². The number of carbonyl (C=O) groups excluding carboxylic acids is 1. The predicted molar refractivity (Wildman–Crippen MR) is 63.2 cm³/mol. The highest BCUT2D eigenvalue weighted by molar-refractivity contribution is 7.91. The van der Waals surface area contributed by atoms with Gasteiger partial charge in [0.25, 0.3) is 0 Å². The van der Waals surface area contributed by atoms with Crippen LogP contribution in [-0.4, -0.2) is 43.7 Å². The van der Waals surface area contributed by atoms with E-state index < -0.39 is 27.3 Å². The number of hydrogen-bond acceptors (Lipinski definition) is 5. The fourth-order valence-electron chi connectivity index (χ4n) is 2.61. The Hall–Kier alpha value is -0.620. The number of methoxy groups -OCH3 is 1. The highest BCUT2D eigenvalue weighted by Crippen LogP contribution is 2.35. The molecule has 5 nitrogen and oxygen atoms in total. The summed E-state index contributed by atoms with van der Waals surface area (Å²) in [5, 5.41) is 10.5. The van der Waals surface area contributed by atoms with Gasteiger partial charge in [-0.25, -0.2) is 8.42 Å². The van der Waals surface area contributed by atoms with Crippen LogP contribution in [0.5, 0.6) is 0 Å². The van der Waals surface area contributed by atoms with E-state index in [1.165, 1.54) is 7.11 Å². The van der Waals surface area contributed by atoms with Gasteiger partial charge in [-0.15, -0.1) is 0 Å². The van der Waals surface area contributed by atoms with Crippen LogP contribution in [0.4, 0.5) is 0 Å². The van der Waals surface area contributed by atoms with Crippen LogP contribution in [0.2, 0.25) is 0 Å². The number of rotatable bonds is 3. The third kappa shape index (κ3) is 3.19. The molecule has 1 N–H and O–H groups in total. The van der Waals surface area contributed by atoms with Crippen LogP contribution < -0.4 is 0 Å². The SMILES string of the molecule is COC(=O)C(C(C)C)C1(O)CCCS(=O)(=O)C1. The summed E-state index contributed by atoms with van der Waals surface area (Å²) in [7, 11) is -2.02. The lowest BCUT2D eigenvalue weighted by molar-refractivity contribution is -0.158. The molecule has 2 atom stereocenters. The molecule has 0 radical (unpaired) electrons. The van der Waals surface area contributed by atoms with Gasteiger partial charge in [0, 0.05) is 0 Å². The minimum atomic E-state index is -3.27. The van der Waals surface area contributed by atoms with E-state index in [0.29, 0.717) is 12.8 Å². The molecule has 2 unspecified atom stereocenters. The van der Waals surface area contributed by atoms with Gasteiger partial charge in [0.2, 0.25) is 0 Å². The molecule has 1 fully saturated rings. The first kappa shape index (κ1) is 14.4. The van der Waals surface area contributed by atoms with Crippen molar-refractivity contribution in [1.82, 2.24) is 0 Å². The molecule has 0 aromatic heterocycles. The molecule has 1 aliphatic heterocycles. The summed E-state index contributed by atoms with van der Waals surface area (Å²) < 4.78 is 27.9. The highest BCUT2D eigenvalue weighted by Gasteiger charge is 2.48. The van der Waals surface area contributed by atoms with Crippen molar-refractivity contribution >= 4 is 15.8 Å². The van der Waals surface area contributed by atoms with Gasteiger partial charge in [-0.1, -0.05) is 13.8 Å². The largest absolute Gasteiger partial charge is 0.469 e. The summed E-state index contributed by atoms with van der Waals surface area (Å²) in [4.78, 5) is 11.7. The minimum absolute atomic E-state index is 0.0846. The first-order valence-corrected chi connectivity index (χ1v) is 7.54. The summed E-state index contributed by atoms with van der Waals surface area (Å²) in [6.07, 6.45) is 0.712. The maximum atomic E-state index is 11.7. The van der Waals surface area contributed by atoms with Crippen LogP contribution in [0.15, 0.2) is 0 Å². The van der Waals surface area contributed by atoms with Gasteiger partial charge in [-0.2, -0.15) is 0 Å². The van der Waals surface area contributed by atoms with Crippen LogP contribution in [0.3, 0.4) is 0 Å². The van der Waals surface area contributed by atoms with Crippen LogP contribution in [-0.2, 0) is 19.4 Å². The maximum absolute atomic E-state index is 11.7. The van der Waals surface area contributed by atoms with Gasteiger partial charge < -0.3 is 9.84 Å². The van der Waals surface area contributed by atoms with Crippen molar-refractivity contribution in [2.24, 2.45) is 11.8 Å². The molecule has 0 amide bonds. The summed E-state index contributed by atoms with van der Waals surface area (Å²) in [5.41, 5.74) is -1.49. The zero-order valence-electron chi connectivity index (χ0n) is 10.5. The maximum Gasteiger partial charge on any atom is 0.311 e. The normalized spacial score (nSPS) is 29.9. The Bertz CT molecular complexity index is 387. The van der Waals surface area contributed by atoms with E-state index in [-0.39, 0.29) is 17.4 Å². The van der Waals surface area contributed by atoms with Crippen LogP contribution in [0, 0.1) is 11.8 Å². The fourth-order valence-corrected chi connectivity index (χ4v) is 4.42. The van der Waals surface area contributed by atoms with E-state index in [1.54, 1.807) is 13.8 Å². The number of esters is 1. The zero-order valence-corrected chi connectivity index (χ0v) is 11.3. The third-order valence-corrected chi connectivity index (χ3v) is 5.09. The second-order valence-electron chi connectivity index (χ2n) is 5.04. The molecule has 1 aliphatic rings. The van der Waals surface area contributed by atoms with E-state index in [9.17, 15) is 18.3 Å². The second-order valence-corrected chi connectivity index (χ2v) is 7.23. The van der Waals surface area contributed by atoms with Gasteiger partial charge in [-0.3, -0.25) is 4.79 Å². The topological polar surface area (TPSA) is 80.7 Å². The molecule has 0 saturated carbocycles. The standard InChI is InChI=1S/C11H20O5S/c1-8(2)9(10(12)16-3)11(13)5-4-6-17(14,15)7-11/h8-9,13H,4-7H2,1-3H3. The number of ether oxygens (including phenoxy) is 1. The Balaban J connectivity index is 3.04.